The van der Waals surface area contributed by atoms with Crippen molar-refractivity contribution in [2.75, 3.05) is 31.2 Å². The molecule has 20 heavy (non-hydrogen) atoms. The molecule has 6 nitrogen and oxygen atoms in total. The number of carbonyl (C=O) groups excluding carboxylic acids is 2. The minimum absolute atomic E-state index is 0.115. The molecule has 0 aromatic carbocycles. The van der Waals surface area contributed by atoms with Crippen molar-refractivity contribution in [3.8, 4) is 0 Å². The van der Waals surface area contributed by atoms with Crippen LogP contribution in [0, 0.1) is 0 Å². The van der Waals surface area contributed by atoms with Crippen molar-refractivity contribution in [2.45, 2.75) is 25.8 Å². The highest BCUT2D eigenvalue weighted by Gasteiger charge is 2.25. The van der Waals surface area contributed by atoms with Crippen LogP contribution in [0.3, 0.4) is 0 Å². The normalized spacial score (nSPS) is 15.9. The summed E-state index contributed by atoms with van der Waals surface area (Å²) in [6.45, 7) is 3.37. The highest BCUT2D eigenvalue weighted by molar-refractivity contribution is 7.19. The molecule has 0 saturated carbocycles. The van der Waals surface area contributed by atoms with Gasteiger partial charge in [0.2, 0.25) is 0 Å². The van der Waals surface area contributed by atoms with Crippen molar-refractivity contribution in [3.63, 3.8) is 0 Å². The molecule has 0 aliphatic carbocycles. The maximum absolute atomic E-state index is 12.0. The Morgan fingerprint density at radius 3 is 2.55 bits per heavy atom. The average molecular weight is 296 g/mol. The lowest BCUT2D eigenvalue weighted by atomic mass is 10.1. The molecule has 1 amide bonds. The van der Waals surface area contributed by atoms with Gasteiger partial charge in [-0.1, -0.05) is 0 Å². The molecule has 1 saturated heterocycles. The van der Waals surface area contributed by atoms with Crippen molar-refractivity contribution in [1.82, 2.24) is 10.6 Å². The average Bonchev–Trinajstić information content (AvgIpc) is 2.76. The van der Waals surface area contributed by atoms with Gasteiger partial charge in [-0.05, 0) is 25.9 Å². The van der Waals surface area contributed by atoms with Gasteiger partial charge < -0.3 is 21.7 Å². The molecule has 1 aromatic rings. The first-order valence-corrected chi connectivity index (χ1v) is 7.48. The van der Waals surface area contributed by atoms with Gasteiger partial charge in [-0.15, -0.1) is 11.3 Å². The smallest absolute Gasteiger partial charge is 0.256 e. The number of hydrogen-bond donors (Lipinski definition) is 4. The van der Waals surface area contributed by atoms with Crippen LogP contribution in [0.1, 0.15) is 39.8 Å². The highest BCUT2D eigenvalue weighted by atomic mass is 32.1. The van der Waals surface area contributed by atoms with E-state index in [0.29, 0.717) is 21.5 Å². The molecule has 1 fully saturated rings. The first-order valence-electron chi connectivity index (χ1n) is 6.67. The summed E-state index contributed by atoms with van der Waals surface area (Å²) in [5.74, 6) is -0.376. The molecule has 0 bridgehead atoms. The Hall–Kier alpha value is -1.60. The van der Waals surface area contributed by atoms with E-state index in [0.717, 1.165) is 25.9 Å². The van der Waals surface area contributed by atoms with Crippen LogP contribution in [0.2, 0.25) is 0 Å². The van der Waals surface area contributed by atoms with E-state index in [1.807, 2.05) is 0 Å². The Labute approximate surface area is 122 Å². The van der Waals surface area contributed by atoms with Crippen LogP contribution in [-0.2, 0) is 0 Å². The van der Waals surface area contributed by atoms with E-state index in [-0.39, 0.29) is 17.4 Å². The van der Waals surface area contributed by atoms with Crippen LogP contribution in [0.25, 0.3) is 0 Å². The van der Waals surface area contributed by atoms with Gasteiger partial charge in [-0.25, -0.2) is 0 Å². The highest BCUT2D eigenvalue weighted by Crippen LogP contribution is 2.36. The Kier molecular flexibility index (Phi) is 4.61. The second-order valence-corrected chi connectivity index (χ2v) is 5.87. The van der Waals surface area contributed by atoms with Gasteiger partial charge in [-0.3, -0.25) is 9.59 Å². The van der Waals surface area contributed by atoms with Gasteiger partial charge in [0, 0.05) is 20.0 Å². The fourth-order valence-corrected chi connectivity index (χ4v) is 3.40. The summed E-state index contributed by atoms with van der Waals surface area (Å²) in [6.07, 6.45) is 1.97. The number of anilines is 2. The third kappa shape index (κ3) is 2.94. The number of amides is 1. The summed E-state index contributed by atoms with van der Waals surface area (Å²) < 4.78 is 0. The molecular weight excluding hydrogens is 276 g/mol. The molecular formula is C13H20N4O2S. The van der Waals surface area contributed by atoms with Crippen LogP contribution in [0.15, 0.2) is 0 Å². The van der Waals surface area contributed by atoms with Gasteiger partial charge in [0.15, 0.2) is 5.78 Å². The monoisotopic (exact) mass is 296 g/mol. The first kappa shape index (κ1) is 14.8. The summed E-state index contributed by atoms with van der Waals surface area (Å²) in [5.41, 5.74) is 6.63. The van der Waals surface area contributed by atoms with Crippen molar-refractivity contribution >= 4 is 33.7 Å². The topological polar surface area (TPSA) is 96.2 Å². The molecule has 0 unspecified atom stereocenters. The summed E-state index contributed by atoms with van der Waals surface area (Å²) >= 11 is 1.26. The number of Topliss-reactive ketones (excluding diaryl/α,β-unsaturated/α-hetero) is 1. The van der Waals surface area contributed by atoms with Gasteiger partial charge in [-0.2, -0.15) is 0 Å². The molecule has 1 aliphatic heterocycles. The fraction of sp³-hybridized carbons (Fsp3) is 0.538. The van der Waals surface area contributed by atoms with E-state index in [2.05, 4.69) is 16.0 Å². The number of carbonyl (C=O) groups is 2. The second-order valence-electron chi connectivity index (χ2n) is 4.85. The molecule has 1 aliphatic rings. The molecule has 2 rings (SSSR count). The lowest BCUT2D eigenvalue weighted by Gasteiger charge is -2.24. The number of nitrogens with two attached hydrogens (primary N) is 1. The van der Waals surface area contributed by atoms with Crippen LogP contribution < -0.4 is 21.7 Å². The standard InChI is InChI=1S/C13H20N4O2S/c1-7(18)11-10(14)9(12(19)15-2)13(20-11)17-8-3-5-16-6-4-8/h8,16-17H,3-6,14H2,1-2H3,(H,15,19). The summed E-state index contributed by atoms with van der Waals surface area (Å²) in [7, 11) is 1.56. The Morgan fingerprint density at radius 1 is 1.35 bits per heavy atom. The van der Waals surface area contributed by atoms with E-state index in [9.17, 15) is 9.59 Å². The Morgan fingerprint density at radius 2 is 2.00 bits per heavy atom. The maximum Gasteiger partial charge on any atom is 0.256 e. The third-order valence-electron chi connectivity index (χ3n) is 3.39. The Balaban J connectivity index is 2.32. The molecule has 0 radical (unpaired) electrons. The zero-order valence-corrected chi connectivity index (χ0v) is 12.5. The number of nitrogens with one attached hydrogen (secondary N) is 3. The fourth-order valence-electron chi connectivity index (χ4n) is 2.31. The molecule has 7 heteroatoms. The lowest BCUT2D eigenvalue weighted by Crippen LogP contribution is -2.35. The van der Waals surface area contributed by atoms with Gasteiger partial charge in [0.25, 0.3) is 5.91 Å². The molecule has 0 spiro atoms. The maximum atomic E-state index is 12.0. The van der Waals surface area contributed by atoms with E-state index in [4.69, 9.17) is 5.73 Å². The predicted molar refractivity (Wildman–Crippen MR) is 81.6 cm³/mol. The van der Waals surface area contributed by atoms with Crippen molar-refractivity contribution in [2.24, 2.45) is 0 Å². The van der Waals surface area contributed by atoms with E-state index in [1.165, 1.54) is 18.3 Å². The molecule has 0 atom stereocenters. The van der Waals surface area contributed by atoms with Gasteiger partial charge >= 0.3 is 0 Å². The first-order chi connectivity index (χ1) is 9.54. The number of piperidine rings is 1. The minimum Gasteiger partial charge on any atom is -0.397 e. The van der Waals surface area contributed by atoms with Crippen molar-refractivity contribution in [1.29, 1.82) is 0 Å². The van der Waals surface area contributed by atoms with E-state index < -0.39 is 0 Å². The number of ketones is 1. The summed E-state index contributed by atoms with van der Waals surface area (Å²) in [6, 6.07) is 0.303. The van der Waals surface area contributed by atoms with E-state index in [1.54, 1.807) is 7.05 Å². The van der Waals surface area contributed by atoms with Gasteiger partial charge in [0.1, 0.15) is 5.00 Å². The zero-order chi connectivity index (χ0) is 14.7. The van der Waals surface area contributed by atoms with Gasteiger partial charge in [0.05, 0.1) is 16.1 Å². The van der Waals surface area contributed by atoms with Crippen LogP contribution >= 0.6 is 11.3 Å². The largest absolute Gasteiger partial charge is 0.397 e. The quantitative estimate of drug-likeness (QED) is 0.623. The SMILES string of the molecule is CNC(=O)c1c(NC2CCNCC2)sc(C(C)=O)c1N. The number of thiophene rings is 1. The minimum atomic E-state index is -0.261. The number of nitrogen functional groups attached to an aromatic ring is 1. The van der Waals surface area contributed by atoms with Crippen molar-refractivity contribution < 1.29 is 9.59 Å². The number of hydrogen-bond acceptors (Lipinski definition) is 6. The third-order valence-corrected chi connectivity index (χ3v) is 4.63. The van der Waals surface area contributed by atoms with Crippen molar-refractivity contribution in [3.05, 3.63) is 10.4 Å². The van der Waals surface area contributed by atoms with E-state index >= 15 is 0 Å². The lowest BCUT2D eigenvalue weighted by molar-refractivity contribution is 0.0965. The predicted octanol–water partition coefficient (Wildman–Crippen LogP) is 1.06. The van der Waals surface area contributed by atoms with Crippen LogP contribution in [-0.4, -0.2) is 37.9 Å². The summed E-state index contributed by atoms with van der Waals surface area (Å²) in [5, 5.41) is 9.92. The Bertz CT molecular complexity index is 521. The van der Waals surface area contributed by atoms with Crippen LogP contribution in [0.4, 0.5) is 10.7 Å². The van der Waals surface area contributed by atoms with Crippen LogP contribution in [0.5, 0.6) is 0 Å². The molecule has 1 aromatic heterocycles. The molecule has 5 N–H and O–H groups in total. The summed E-state index contributed by atoms with van der Waals surface area (Å²) in [4.78, 5) is 24.0. The molecule has 110 valence electrons. The molecule has 2 heterocycles. The second kappa shape index (κ2) is 6.23. The zero-order valence-electron chi connectivity index (χ0n) is 11.7. The number of rotatable bonds is 4.